The number of aryl methyl sites for hydroxylation is 1. The topological polar surface area (TPSA) is 159 Å². The lowest BCUT2D eigenvalue weighted by Crippen LogP contribution is -2.12. The highest BCUT2D eigenvalue weighted by Crippen LogP contribution is 2.26. The van der Waals surface area contributed by atoms with E-state index < -0.39 is 13.4 Å². The summed E-state index contributed by atoms with van der Waals surface area (Å²) in [6, 6.07) is 2.05. The molecule has 1 heterocycles. The summed E-state index contributed by atoms with van der Waals surface area (Å²) in [6.45, 7) is 6.58. The fourth-order valence-electron chi connectivity index (χ4n) is 0.853. The maximum Gasteiger partial charge on any atom is 0.319 e. The van der Waals surface area contributed by atoms with Gasteiger partial charge < -0.3 is 34.7 Å². The Hall–Kier alpha value is 0.230. The van der Waals surface area contributed by atoms with E-state index in [0.29, 0.717) is 17.1 Å². The number of halogens is 1. The Bertz CT molecular complexity index is 516. The summed E-state index contributed by atoms with van der Waals surface area (Å²) < 4.78 is 0. The molecule has 1 rings (SSSR count). The fraction of sp³-hybridized carbons (Fsp3) is 0.692. The van der Waals surface area contributed by atoms with Crippen LogP contribution in [0, 0.1) is 6.92 Å². The number of hydrogen-bond donors (Lipinski definition) is 7. The van der Waals surface area contributed by atoms with E-state index in [1.54, 1.807) is 6.07 Å². The summed E-state index contributed by atoms with van der Waals surface area (Å²) in [5, 5.41) is 3.56. The number of nitrogens with zero attached hydrogens (tertiary/aromatic N) is 2. The van der Waals surface area contributed by atoms with Gasteiger partial charge in [-0.2, -0.15) is 0 Å². The number of nitrogens with one attached hydrogen (secondary N) is 1. The monoisotopic (exact) mass is 487 g/mol. The molecule has 0 aliphatic carbocycles. The van der Waals surface area contributed by atoms with Gasteiger partial charge in [-0.25, -0.2) is 9.97 Å². The molecular weight excluding hydrogens is 456 g/mol. The minimum Gasteiger partial charge on any atom is -0.352 e. The summed E-state index contributed by atoms with van der Waals surface area (Å²) in [5.41, 5.74) is 0.873. The van der Waals surface area contributed by atoms with Crippen molar-refractivity contribution < 1.29 is 29.4 Å². The Balaban J connectivity index is -0.000000148. The quantitative estimate of drug-likeness (QED) is 0.242. The van der Waals surface area contributed by atoms with Gasteiger partial charge in [0.15, 0.2) is 0 Å². The summed E-state index contributed by atoms with van der Waals surface area (Å²) in [6.07, 6.45) is 1.25. The third kappa shape index (κ3) is 58.5. The van der Waals surface area contributed by atoms with E-state index in [9.17, 15) is 0 Å². The minimum atomic E-state index is -3.81. The number of rotatable bonds is 2. The van der Waals surface area contributed by atoms with Crippen molar-refractivity contribution in [2.75, 3.05) is 5.32 Å². The largest absolute Gasteiger partial charge is 0.352 e. The summed E-state index contributed by atoms with van der Waals surface area (Å²) in [5.74, 6) is 0.593. The second kappa shape index (κ2) is 19.5. The Morgan fingerprint density at radius 3 is 1.52 bits per heavy atom. The van der Waals surface area contributed by atoms with Crippen molar-refractivity contribution >= 4 is 54.6 Å². The van der Waals surface area contributed by atoms with Crippen LogP contribution in [-0.2, 0) is 23.6 Å². The highest BCUT2D eigenvalue weighted by Gasteiger charge is 2.00. The number of aromatic nitrogens is 2. The molecule has 0 saturated heterocycles. The molecule has 0 radical (unpaired) electrons. The van der Waals surface area contributed by atoms with Crippen molar-refractivity contribution in [2.45, 2.75) is 60.9 Å². The second-order valence-electron chi connectivity index (χ2n) is 4.69. The lowest BCUT2D eigenvalue weighted by atomic mass is 10.4. The highest BCUT2D eigenvalue weighted by molar-refractivity contribution is 8.06. The first kappa shape index (κ1) is 34.7. The maximum atomic E-state index is 7.56. The molecular formula is C13H32ClN3O6P2S2. The van der Waals surface area contributed by atoms with Gasteiger partial charge in [0.1, 0.15) is 5.15 Å². The van der Waals surface area contributed by atoms with Crippen LogP contribution < -0.4 is 5.32 Å². The molecule has 0 aliphatic rings. The van der Waals surface area contributed by atoms with Gasteiger partial charge in [0.25, 0.3) is 0 Å². The Morgan fingerprint density at radius 2 is 1.30 bits per heavy atom. The van der Waals surface area contributed by atoms with Crippen molar-refractivity contribution in [3.05, 3.63) is 16.9 Å². The van der Waals surface area contributed by atoms with Crippen LogP contribution >= 0.6 is 25.0 Å². The van der Waals surface area contributed by atoms with Crippen LogP contribution in [0.3, 0.4) is 0 Å². The van der Waals surface area contributed by atoms with Crippen LogP contribution in [0.2, 0.25) is 5.15 Å². The third-order valence-electron chi connectivity index (χ3n) is 1.24. The summed E-state index contributed by atoms with van der Waals surface area (Å²) in [4.78, 5) is 53.5. The Kier molecular flexibility index (Phi) is 25.1. The number of anilines is 1. The van der Waals surface area contributed by atoms with E-state index >= 15 is 0 Å². The third-order valence-corrected chi connectivity index (χ3v) is 1.43. The molecule has 14 heteroatoms. The van der Waals surface area contributed by atoms with Crippen molar-refractivity contribution in [2.24, 2.45) is 0 Å². The molecule has 0 fully saturated rings. The van der Waals surface area contributed by atoms with Crippen LogP contribution in [0.1, 0.15) is 53.7 Å². The highest BCUT2D eigenvalue weighted by atomic mass is 35.5. The SMILES string of the molecule is CC.CCC.Cc1cc(Cl)nc(NC(C)C)n1.OP(O)(O)=S.OP(O)(O)=S. The molecule has 0 amide bonds. The summed E-state index contributed by atoms with van der Waals surface area (Å²) >= 11 is 13.0. The molecule has 0 saturated carbocycles. The van der Waals surface area contributed by atoms with Gasteiger partial charge in [-0.05, 0) is 50.5 Å². The lowest BCUT2D eigenvalue weighted by Gasteiger charge is -2.08. The van der Waals surface area contributed by atoms with E-state index in [4.69, 9.17) is 41.0 Å². The molecule has 1 aromatic heterocycles. The summed E-state index contributed by atoms with van der Waals surface area (Å²) in [7, 11) is 0. The predicted octanol–water partition coefficient (Wildman–Crippen LogP) is 3.08. The molecule has 9 nitrogen and oxygen atoms in total. The fourth-order valence-corrected chi connectivity index (χ4v) is 1.09. The van der Waals surface area contributed by atoms with E-state index in [1.807, 2.05) is 34.6 Å². The molecule has 164 valence electrons. The lowest BCUT2D eigenvalue weighted by molar-refractivity contribution is 0.361. The van der Waals surface area contributed by atoms with Crippen LogP contribution in [0.4, 0.5) is 5.95 Å². The molecule has 7 N–H and O–H groups in total. The molecule has 0 aromatic carbocycles. The Labute approximate surface area is 177 Å². The van der Waals surface area contributed by atoms with Gasteiger partial charge in [0.2, 0.25) is 5.95 Å². The minimum absolute atomic E-state index is 0.322. The average Bonchev–Trinajstić information content (AvgIpc) is 2.35. The van der Waals surface area contributed by atoms with Gasteiger partial charge in [0, 0.05) is 11.7 Å². The molecule has 1 aromatic rings. The van der Waals surface area contributed by atoms with Crippen LogP contribution in [0.15, 0.2) is 6.07 Å². The smallest absolute Gasteiger partial charge is 0.319 e. The van der Waals surface area contributed by atoms with Gasteiger partial charge >= 0.3 is 13.4 Å². The molecule has 0 bridgehead atoms. The van der Waals surface area contributed by atoms with Crippen molar-refractivity contribution in [1.29, 1.82) is 0 Å². The Morgan fingerprint density at radius 1 is 1.00 bits per heavy atom. The van der Waals surface area contributed by atoms with E-state index in [0.717, 1.165) is 5.69 Å². The zero-order valence-electron chi connectivity index (χ0n) is 16.5. The van der Waals surface area contributed by atoms with Crippen molar-refractivity contribution in [1.82, 2.24) is 9.97 Å². The molecule has 0 unspecified atom stereocenters. The first-order valence-corrected chi connectivity index (χ1v) is 13.5. The van der Waals surface area contributed by atoms with E-state index in [1.165, 1.54) is 6.42 Å². The van der Waals surface area contributed by atoms with Crippen LogP contribution in [0.5, 0.6) is 0 Å². The van der Waals surface area contributed by atoms with Crippen LogP contribution in [-0.4, -0.2) is 45.4 Å². The zero-order valence-corrected chi connectivity index (χ0v) is 20.7. The number of hydrogen-bond acceptors (Lipinski definition) is 5. The first-order valence-electron chi connectivity index (χ1n) is 7.83. The normalized spacial score (nSPS) is 9.89. The molecule has 0 atom stereocenters. The standard InChI is InChI=1S/C8H12ClN3.C3H8.C2H6.2H3O3PS/c1-5(2)10-8-11-6(3)4-7(9)12-8;1-3-2;1-2;2*1-4(2,3)5/h4-5H,1-3H3,(H,10,11,12);3H2,1-2H3;1-2H3;2*(H3,1,2,3,5). The molecule has 0 spiro atoms. The van der Waals surface area contributed by atoms with Gasteiger partial charge in [-0.3, -0.25) is 0 Å². The van der Waals surface area contributed by atoms with Crippen molar-refractivity contribution in [3.8, 4) is 0 Å². The maximum absolute atomic E-state index is 7.56. The van der Waals surface area contributed by atoms with Crippen LogP contribution in [0.25, 0.3) is 0 Å². The second-order valence-corrected chi connectivity index (χ2v) is 10.1. The molecule has 27 heavy (non-hydrogen) atoms. The van der Waals surface area contributed by atoms with Crippen molar-refractivity contribution in [3.63, 3.8) is 0 Å². The molecule has 0 aliphatic heterocycles. The predicted molar refractivity (Wildman–Crippen MR) is 120 cm³/mol. The van der Waals surface area contributed by atoms with E-state index in [2.05, 4.69) is 52.7 Å². The zero-order chi connectivity index (χ0) is 22.8. The van der Waals surface area contributed by atoms with Gasteiger partial charge in [-0.1, -0.05) is 45.7 Å². The average molecular weight is 488 g/mol. The van der Waals surface area contributed by atoms with Gasteiger partial charge in [0.05, 0.1) is 0 Å². The first-order chi connectivity index (χ1) is 12.0. The van der Waals surface area contributed by atoms with Gasteiger partial charge in [-0.15, -0.1) is 0 Å². The van der Waals surface area contributed by atoms with E-state index in [-0.39, 0.29) is 0 Å².